The predicted octanol–water partition coefficient (Wildman–Crippen LogP) is 3.59. The van der Waals surface area contributed by atoms with Crippen molar-refractivity contribution in [1.29, 1.82) is 0 Å². The number of nitrogen functional groups attached to an aromatic ring is 1. The maximum absolute atomic E-state index is 14.7. The van der Waals surface area contributed by atoms with Crippen molar-refractivity contribution in [2.75, 3.05) is 11.1 Å². The second-order valence-corrected chi connectivity index (χ2v) is 9.45. The Labute approximate surface area is 222 Å². The quantitative estimate of drug-likeness (QED) is 0.223. The number of hydrogen-bond donors (Lipinski definition) is 4. The van der Waals surface area contributed by atoms with Gasteiger partial charge in [-0.25, -0.2) is 9.37 Å². The molecule has 0 unspecified atom stereocenters. The lowest BCUT2D eigenvalue weighted by Gasteiger charge is -2.19. The number of anilines is 3. The number of H-pyrrole nitrogens is 1. The van der Waals surface area contributed by atoms with Crippen molar-refractivity contribution in [1.82, 2.24) is 19.1 Å². The number of hydrogen-bond acceptors (Lipinski definition) is 6. The fourth-order valence-corrected chi connectivity index (χ4v) is 4.60. The van der Waals surface area contributed by atoms with Crippen molar-refractivity contribution in [2.45, 2.75) is 0 Å². The van der Waals surface area contributed by atoms with Crippen LogP contribution in [-0.2, 0) is 7.05 Å². The third-order valence-corrected chi connectivity index (χ3v) is 6.56. The Morgan fingerprint density at radius 3 is 2.57 bits per heavy atom. The molecule has 0 spiro atoms. The van der Waals surface area contributed by atoms with Gasteiger partial charge < -0.3 is 21.8 Å². The highest BCUT2D eigenvalue weighted by Crippen LogP contribution is 2.34. The van der Waals surface area contributed by atoms with Crippen LogP contribution in [0.15, 0.2) is 65.6 Å². The van der Waals surface area contributed by atoms with E-state index in [-0.39, 0.29) is 40.0 Å². The number of fused-ring (bicyclic) bond motifs is 1. The number of aromatic amines is 1. The number of nitrogens with zero attached hydrogens (tertiary/aromatic N) is 3. The molecule has 186 valence electrons. The zero-order valence-electron chi connectivity index (χ0n) is 19.3. The van der Waals surface area contributed by atoms with Crippen LogP contribution in [0.3, 0.4) is 0 Å². The normalized spacial score (nSPS) is 11.1. The lowest BCUT2D eigenvalue weighted by Crippen LogP contribution is -2.26. The summed E-state index contributed by atoms with van der Waals surface area (Å²) < 4.78 is 17.9. The predicted molar refractivity (Wildman–Crippen MR) is 146 cm³/mol. The summed E-state index contributed by atoms with van der Waals surface area (Å²) in [6.07, 6.45) is 1.29. The summed E-state index contributed by atoms with van der Waals surface area (Å²) in [6.45, 7) is 0. The molecule has 0 bridgehead atoms. The number of carbonyl (C=O) groups is 2. The lowest BCUT2D eigenvalue weighted by molar-refractivity contribution is 0.0959. The molecule has 0 aliphatic rings. The van der Waals surface area contributed by atoms with E-state index in [1.165, 1.54) is 36.0 Å². The van der Waals surface area contributed by atoms with Crippen LogP contribution in [0.2, 0.25) is 0 Å². The minimum absolute atomic E-state index is 0.0230. The van der Waals surface area contributed by atoms with Gasteiger partial charge in [0.2, 0.25) is 0 Å². The summed E-state index contributed by atoms with van der Waals surface area (Å²) in [5, 5.41) is 3.52. The standard InChI is InChI=1S/C25H19FIN7O3/c1-33-20(35)10-14(21(22(28)36)23(33)31-16-7-6-13(27)9-15(16)26)19-8-12-4-2-3-5-18(12)34(19)24(37)17-11-30-25(29)32-17/h2-11,31H,1H3,(H2,28,36)(H3,29,30,32). The SMILES string of the molecule is Cn1c(Nc2ccc(I)cc2F)c(C(N)=O)c(-c2cc3ccccc3n2C(=O)c2cnc(N)[nH]2)cc1=O. The van der Waals surface area contributed by atoms with Gasteiger partial charge in [0.05, 0.1) is 28.7 Å². The fraction of sp³-hybridized carbons (Fsp3) is 0.0400. The Balaban J connectivity index is 1.80. The van der Waals surface area contributed by atoms with E-state index < -0.39 is 23.2 Å². The molecular weight excluding hydrogens is 592 g/mol. The van der Waals surface area contributed by atoms with Crippen LogP contribution in [0, 0.1) is 9.39 Å². The highest BCUT2D eigenvalue weighted by atomic mass is 127. The molecule has 3 aromatic heterocycles. The summed E-state index contributed by atoms with van der Waals surface area (Å²) in [4.78, 5) is 46.1. The number of rotatable bonds is 5. The van der Waals surface area contributed by atoms with Crippen LogP contribution in [0.25, 0.3) is 22.2 Å². The molecule has 37 heavy (non-hydrogen) atoms. The number of aromatic nitrogens is 4. The molecular formula is C25H19FIN7O3. The number of benzene rings is 2. The van der Waals surface area contributed by atoms with Crippen molar-refractivity contribution in [3.05, 3.63) is 91.8 Å². The molecule has 0 aliphatic carbocycles. The number of carbonyl (C=O) groups excluding carboxylic acids is 2. The van der Waals surface area contributed by atoms with Crippen LogP contribution >= 0.6 is 22.6 Å². The third-order valence-electron chi connectivity index (χ3n) is 5.89. The van der Waals surface area contributed by atoms with Crippen LogP contribution in [0.4, 0.5) is 21.8 Å². The molecule has 10 nitrogen and oxygen atoms in total. The highest BCUT2D eigenvalue weighted by molar-refractivity contribution is 14.1. The summed E-state index contributed by atoms with van der Waals surface area (Å²) in [7, 11) is 1.43. The van der Waals surface area contributed by atoms with E-state index in [2.05, 4.69) is 15.3 Å². The van der Waals surface area contributed by atoms with Crippen molar-refractivity contribution in [3.63, 3.8) is 0 Å². The van der Waals surface area contributed by atoms with E-state index in [9.17, 15) is 18.8 Å². The molecule has 0 atom stereocenters. The Bertz CT molecular complexity index is 1790. The fourth-order valence-electron chi connectivity index (χ4n) is 4.15. The summed E-state index contributed by atoms with van der Waals surface area (Å²) >= 11 is 1.97. The second-order valence-electron chi connectivity index (χ2n) is 8.20. The number of para-hydroxylation sites is 1. The van der Waals surface area contributed by atoms with Gasteiger partial charge in [-0.3, -0.25) is 23.5 Å². The molecule has 0 aliphatic heterocycles. The molecule has 12 heteroatoms. The van der Waals surface area contributed by atoms with Crippen LogP contribution in [0.1, 0.15) is 20.8 Å². The first-order valence-corrected chi connectivity index (χ1v) is 12.0. The molecule has 6 N–H and O–H groups in total. The topological polar surface area (TPSA) is 154 Å². The Hall–Kier alpha value is -4.46. The minimum Gasteiger partial charge on any atom is -0.369 e. The zero-order chi connectivity index (χ0) is 26.4. The van der Waals surface area contributed by atoms with Crippen LogP contribution in [-0.4, -0.2) is 30.9 Å². The third kappa shape index (κ3) is 4.24. The van der Waals surface area contributed by atoms with Crippen LogP contribution in [0.5, 0.6) is 0 Å². The van der Waals surface area contributed by atoms with E-state index in [0.717, 1.165) is 4.57 Å². The minimum atomic E-state index is -0.881. The van der Waals surface area contributed by atoms with Crippen LogP contribution < -0.4 is 22.3 Å². The number of amides is 1. The van der Waals surface area contributed by atoms with E-state index >= 15 is 0 Å². The number of nitrogens with two attached hydrogens (primary N) is 2. The lowest BCUT2D eigenvalue weighted by atomic mass is 10.0. The van der Waals surface area contributed by atoms with Crippen molar-refractivity contribution in [3.8, 4) is 11.3 Å². The molecule has 3 heterocycles. The van der Waals surface area contributed by atoms with Gasteiger partial charge in [-0.15, -0.1) is 0 Å². The molecule has 0 saturated carbocycles. The summed E-state index contributed by atoms with van der Waals surface area (Å²) in [5.41, 5.74) is 11.9. The van der Waals surface area contributed by atoms with E-state index in [1.807, 2.05) is 22.6 Å². The van der Waals surface area contributed by atoms with Gasteiger partial charge in [0.1, 0.15) is 17.3 Å². The monoisotopic (exact) mass is 611 g/mol. The molecule has 1 amide bonds. The second kappa shape index (κ2) is 9.20. The Kier molecular flexibility index (Phi) is 6.03. The number of primary amides is 1. The zero-order valence-corrected chi connectivity index (χ0v) is 21.4. The first-order valence-electron chi connectivity index (χ1n) is 10.9. The van der Waals surface area contributed by atoms with Crippen molar-refractivity contribution < 1.29 is 14.0 Å². The molecule has 5 aromatic rings. The van der Waals surface area contributed by atoms with Gasteiger partial charge in [-0.2, -0.15) is 0 Å². The maximum Gasteiger partial charge on any atom is 0.280 e. The van der Waals surface area contributed by atoms with Gasteiger partial charge in [0, 0.05) is 27.6 Å². The Morgan fingerprint density at radius 2 is 1.89 bits per heavy atom. The van der Waals surface area contributed by atoms with E-state index in [1.54, 1.807) is 36.4 Å². The molecule has 0 radical (unpaired) electrons. The molecule has 2 aromatic carbocycles. The molecule has 5 rings (SSSR count). The number of nitrogens with one attached hydrogen (secondary N) is 2. The van der Waals surface area contributed by atoms with Gasteiger partial charge in [0.25, 0.3) is 17.4 Å². The summed E-state index contributed by atoms with van der Waals surface area (Å²) in [5.74, 6) is -1.95. The largest absolute Gasteiger partial charge is 0.369 e. The van der Waals surface area contributed by atoms with E-state index in [0.29, 0.717) is 14.5 Å². The van der Waals surface area contributed by atoms with Gasteiger partial charge >= 0.3 is 0 Å². The smallest absolute Gasteiger partial charge is 0.280 e. The number of pyridine rings is 1. The molecule has 0 saturated heterocycles. The first kappa shape index (κ1) is 24.2. The number of halogens is 2. The average Bonchev–Trinajstić information content (AvgIpc) is 3.46. The van der Waals surface area contributed by atoms with Gasteiger partial charge in [-0.1, -0.05) is 18.2 Å². The first-order chi connectivity index (χ1) is 17.7. The van der Waals surface area contributed by atoms with Gasteiger partial charge in [0.15, 0.2) is 5.95 Å². The highest BCUT2D eigenvalue weighted by Gasteiger charge is 2.26. The average molecular weight is 611 g/mol. The van der Waals surface area contributed by atoms with Gasteiger partial charge in [-0.05, 0) is 52.9 Å². The maximum atomic E-state index is 14.7. The summed E-state index contributed by atoms with van der Waals surface area (Å²) in [6, 6.07) is 14.4. The van der Waals surface area contributed by atoms with E-state index in [4.69, 9.17) is 11.5 Å². The van der Waals surface area contributed by atoms with Crippen molar-refractivity contribution in [2.24, 2.45) is 12.8 Å². The van der Waals surface area contributed by atoms with Crippen molar-refractivity contribution >= 4 is 62.8 Å². The number of imidazole rings is 1. The molecule has 0 fully saturated rings. The Morgan fingerprint density at radius 1 is 1.14 bits per heavy atom.